The summed E-state index contributed by atoms with van der Waals surface area (Å²) >= 11 is 0. The largest absolute Gasteiger partial charge is 0.417 e. The molecule has 1 amide bonds. The maximum atomic E-state index is 13.2. The Kier molecular flexibility index (Phi) is 5.16. The first-order valence-corrected chi connectivity index (χ1v) is 9.71. The predicted molar refractivity (Wildman–Crippen MR) is 106 cm³/mol. The number of carbonyl (C=O) groups is 1. The Morgan fingerprint density at radius 2 is 1.81 bits per heavy atom. The number of alkyl halides is 3. The smallest absolute Gasteiger partial charge is 0.338 e. The summed E-state index contributed by atoms with van der Waals surface area (Å²) in [4.78, 5) is 26.1. The molecule has 162 valence electrons. The average Bonchev–Trinajstić information content (AvgIpc) is 3.02. The number of hydrogen-bond donors (Lipinski definition) is 0. The van der Waals surface area contributed by atoms with Gasteiger partial charge in [-0.25, -0.2) is 9.36 Å². The van der Waals surface area contributed by atoms with Gasteiger partial charge >= 0.3 is 6.18 Å². The minimum Gasteiger partial charge on any atom is -0.338 e. The molecule has 1 saturated heterocycles. The van der Waals surface area contributed by atoms with Gasteiger partial charge in [-0.05, 0) is 38.1 Å². The van der Waals surface area contributed by atoms with Crippen LogP contribution in [0.15, 0.2) is 47.3 Å². The molecule has 31 heavy (non-hydrogen) atoms. The van der Waals surface area contributed by atoms with E-state index in [9.17, 15) is 22.8 Å². The van der Waals surface area contributed by atoms with Crippen LogP contribution in [-0.4, -0.2) is 43.5 Å². The molecule has 0 bridgehead atoms. The third kappa shape index (κ3) is 4.10. The van der Waals surface area contributed by atoms with E-state index in [1.54, 1.807) is 10.7 Å². The third-order valence-corrected chi connectivity index (χ3v) is 5.22. The molecule has 0 saturated carbocycles. The molecule has 1 fully saturated rings. The summed E-state index contributed by atoms with van der Waals surface area (Å²) in [7, 11) is 0. The summed E-state index contributed by atoms with van der Waals surface area (Å²) in [5.41, 5.74) is 0.0925. The molecular weight excluding hydrogens is 411 g/mol. The highest BCUT2D eigenvalue weighted by Crippen LogP contribution is 2.33. The molecule has 3 heterocycles. The van der Waals surface area contributed by atoms with E-state index >= 15 is 0 Å². The third-order valence-electron chi connectivity index (χ3n) is 5.22. The Balaban J connectivity index is 1.46. The summed E-state index contributed by atoms with van der Waals surface area (Å²) in [5.74, 6) is -0.250. The van der Waals surface area contributed by atoms with Gasteiger partial charge in [0.1, 0.15) is 0 Å². The molecular formula is C21H20F3N5O2. The number of nitrogens with zero attached hydrogens (tertiary/aromatic N) is 5. The van der Waals surface area contributed by atoms with E-state index in [1.807, 2.05) is 19.9 Å². The van der Waals surface area contributed by atoms with Crippen LogP contribution in [0.2, 0.25) is 0 Å². The van der Waals surface area contributed by atoms with Crippen molar-refractivity contribution in [2.24, 2.45) is 5.92 Å². The summed E-state index contributed by atoms with van der Waals surface area (Å²) in [5, 5.41) is 8.72. The van der Waals surface area contributed by atoms with E-state index in [0.717, 1.165) is 17.5 Å². The quantitative estimate of drug-likeness (QED) is 0.637. The molecule has 1 aromatic carbocycles. The Morgan fingerprint density at radius 1 is 1.10 bits per heavy atom. The number of aryl methyl sites for hydroxylation is 2. The van der Waals surface area contributed by atoms with E-state index in [0.29, 0.717) is 5.82 Å². The molecule has 0 aliphatic carbocycles. The molecule has 10 heteroatoms. The van der Waals surface area contributed by atoms with Crippen LogP contribution in [-0.2, 0) is 12.7 Å². The lowest BCUT2D eigenvalue weighted by atomic mass is 9.97. The number of amides is 1. The first kappa shape index (κ1) is 20.8. The minimum absolute atomic E-state index is 0.0806. The zero-order valence-electron chi connectivity index (χ0n) is 16.9. The molecule has 0 N–H and O–H groups in total. The Labute approximate surface area is 175 Å². The van der Waals surface area contributed by atoms with Crippen LogP contribution in [0.3, 0.4) is 0 Å². The SMILES string of the molecule is Cc1cc(C)n(-c2ccc(=O)n(CC3CN(C(=O)c4ccccc4C(F)(F)F)C3)n2)n1. The Bertz CT molecular complexity index is 1190. The monoisotopic (exact) mass is 431 g/mol. The number of halogens is 3. The number of rotatable bonds is 4. The fraction of sp³-hybridized carbons (Fsp3) is 0.333. The van der Waals surface area contributed by atoms with Crippen LogP contribution < -0.4 is 5.56 Å². The van der Waals surface area contributed by atoms with Gasteiger partial charge in [0, 0.05) is 30.8 Å². The maximum absolute atomic E-state index is 13.2. The van der Waals surface area contributed by atoms with Gasteiger partial charge in [0.05, 0.1) is 23.4 Å². The van der Waals surface area contributed by atoms with Crippen molar-refractivity contribution in [1.29, 1.82) is 0 Å². The van der Waals surface area contributed by atoms with E-state index in [-0.39, 0.29) is 36.7 Å². The highest BCUT2D eigenvalue weighted by Gasteiger charge is 2.38. The normalized spacial score (nSPS) is 14.5. The van der Waals surface area contributed by atoms with Gasteiger partial charge in [0.25, 0.3) is 11.5 Å². The van der Waals surface area contributed by atoms with Gasteiger partial charge in [-0.3, -0.25) is 9.59 Å². The molecule has 0 spiro atoms. The van der Waals surface area contributed by atoms with Crippen LogP contribution in [0.25, 0.3) is 5.82 Å². The topological polar surface area (TPSA) is 73.0 Å². The standard InChI is InChI=1S/C21H20F3N5O2/c1-13-9-14(2)29(25-13)18-7-8-19(30)28(26-18)12-15-10-27(11-15)20(31)16-5-3-4-6-17(16)21(22,23)24/h3-9,15H,10-12H2,1-2H3. The number of hydrogen-bond acceptors (Lipinski definition) is 4. The highest BCUT2D eigenvalue weighted by molar-refractivity contribution is 5.96. The Morgan fingerprint density at radius 3 is 2.45 bits per heavy atom. The number of benzene rings is 1. The van der Waals surface area contributed by atoms with Crippen LogP contribution >= 0.6 is 0 Å². The molecule has 4 rings (SSSR count). The van der Waals surface area contributed by atoms with E-state index in [4.69, 9.17) is 0 Å². The zero-order chi connectivity index (χ0) is 22.3. The molecule has 7 nitrogen and oxygen atoms in total. The summed E-state index contributed by atoms with van der Waals surface area (Å²) in [6, 6.07) is 9.63. The lowest BCUT2D eigenvalue weighted by molar-refractivity contribution is -0.138. The second-order valence-electron chi connectivity index (χ2n) is 7.67. The summed E-state index contributed by atoms with van der Waals surface area (Å²) in [6.07, 6.45) is -4.60. The molecule has 1 aliphatic heterocycles. The van der Waals surface area contributed by atoms with Crippen LogP contribution in [0.1, 0.15) is 27.3 Å². The van der Waals surface area contributed by atoms with Crippen molar-refractivity contribution in [2.45, 2.75) is 26.6 Å². The highest BCUT2D eigenvalue weighted by atomic mass is 19.4. The molecule has 0 unspecified atom stereocenters. The van der Waals surface area contributed by atoms with Crippen molar-refractivity contribution in [1.82, 2.24) is 24.5 Å². The van der Waals surface area contributed by atoms with Crippen molar-refractivity contribution < 1.29 is 18.0 Å². The van der Waals surface area contributed by atoms with E-state index in [2.05, 4.69) is 10.2 Å². The summed E-state index contributed by atoms with van der Waals surface area (Å²) < 4.78 is 42.5. The maximum Gasteiger partial charge on any atom is 0.417 e. The fourth-order valence-electron chi connectivity index (χ4n) is 3.73. The predicted octanol–water partition coefficient (Wildman–Crippen LogP) is 2.84. The van der Waals surface area contributed by atoms with Crippen molar-refractivity contribution >= 4 is 5.91 Å². The van der Waals surface area contributed by atoms with Crippen LogP contribution in [0.4, 0.5) is 13.2 Å². The van der Waals surface area contributed by atoms with Crippen molar-refractivity contribution in [3.63, 3.8) is 0 Å². The first-order chi connectivity index (χ1) is 14.6. The second-order valence-corrected chi connectivity index (χ2v) is 7.67. The van der Waals surface area contributed by atoms with Crippen molar-refractivity contribution in [3.05, 3.63) is 75.3 Å². The van der Waals surface area contributed by atoms with E-state index in [1.165, 1.54) is 33.8 Å². The minimum atomic E-state index is -4.60. The van der Waals surface area contributed by atoms with Gasteiger partial charge in [-0.1, -0.05) is 12.1 Å². The van der Waals surface area contributed by atoms with Gasteiger partial charge < -0.3 is 4.90 Å². The first-order valence-electron chi connectivity index (χ1n) is 9.71. The number of aromatic nitrogens is 4. The Hall–Kier alpha value is -3.43. The van der Waals surface area contributed by atoms with Crippen molar-refractivity contribution in [2.75, 3.05) is 13.1 Å². The van der Waals surface area contributed by atoms with Crippen LogP contribution in [0, 0.1) is 19.8 Å². The number of likely N-dealkylation sites (tertiary alicyclic amines) is 1. The molecule has 2 aromatic heterocycles. The summed E-state index contributed by atoms with van der Waals surface area (Å²) in [6.45, 7) is 4.50. The zero-order valence-corrected chi connectivity index (χ0v) is 16.9. The lowest BCUT2D eigenvalue weighted by Gasteiger charge is -2.39. The van der Waals surface area contributed by atoms with Gasteiger partial charge in [0.15, 0.2) is 5.82 Å². The molecule has 0 atom stereocenters. The van der Waals surface area contributed by atoms with Gasteiger partial charge in [-0.15, -0.1) is 5.10 Å². The molecule has 3 aromatic rings. The van der Waals surface area contributed by atoms with Crippen LogP contribution in [0.5, 0.6) is 0 Å². The van der Waals surface area contributed by atoms with Crippen molar-refractivity contribution in [3.8, 4) is 5.82 Å². The van der Waals surface area contributed by atoms with Gasteiger partial charge in [-0.2, -0.15) is 18.3 Å². The fourth-order valence-corrected chi connectivity index (χ4v) is 3.73. The number of carbonyl (C=O) groups excluding carboxylic acids is 1. The van der Waals surface area contributed by atoms with E-state index < -0.39 is 17.6 Å². The second kappa shape index (κ2) is 7.68. The van der Waals surface area contributed by atoms with Gasteiger partial charge in [0.2, 0.25) is 0 Å². The molecule has 1 aliphatic rings. The lowest BCUT2D eigenvalue weighted by Crippen LogP contribution is -2.52. The molecule has 0 radical (unpaired) electrons. The average molecular weight is 431 g/mol.